The SMILES string of the molecule is Nc1cccc2c(OCc3ccccc3)ccnc12. The van der Waals surface area contributed by atoms with E-state index in [1.165, 1.54) is 0 Å². The Morgan fingerprint density at radius 1 is 0.947 bits per heavy atom. The predicted molar refractivity (Wildman–Crippen MR) is 76.9 cm³/mol. The maximum absolute atomic E-state index is 5.91. The minimum atomic E-state index is 0.536. The highest BCUT2D eigenvalue weighted by molar-refractivity contribution is 5.93. The molecular formula is C16H14N2O. The van der Waals surface area contributed by atoms with E-state index in [-0.39, 0.29) is 0 Å². The summed E-state index contributed by atoms with van der Waals surface area (Å²) in [5.41, 5.74) is 8.50. The highest BCUT2D eigenvalue weighted by atomic mass is 16.5. The van der Waals surface area contributed by atoms with Crippen LogP contribution in [0.5, 0.6) is 5.75 Å². The van der Waals surface area contributed by atoms with Gasteiger partial charge in [0.05, 0.1) is 11.2 Å². The van der Waals surface area contributed by atoms with Gasteiger partial charge in [0.25, 0.3) is 0 Å². The van der Waals surface area contributed by atoms with Crippen LogP contribution in [0.1, 0.15) is 5.56 Å². The number of ether oxygens (including phenoxy) is 1. The molecule has 3 rings (SSSR count). The molecule has 0 radical (unpaired) electrons. The van der Waals surface area contributed by atoms with E-state index >= 15 is 0 Å². The van der Waals surface area contributed by atoms with E-state index in [4.69, 9.17) is 10.5 Å². The van der Waals surface area contributed by atoms with E-state index in [1.54, 1.807) is 6.20 Å². The van der Waals surface area contributed by atoms with Crippen molar-refractivity contribution in [2.45, 2.75) is 6.61 Å². The standard InChI is InChI=1S/C16H14N2O/c17-14-8-4-7-13-15(9-10-18-16(13)14)19-11-12-5-2-1-3-6-12/h1-10H,11,17H2. The van der Waals surface area contributed by atoms with Crippen LogP contribution in [0.2, 0.25) is 0 Å². The van der Waals surface area contributed by atoms with Gasteiger partial charge in [-0.25, -0.2) is 0 Å². The molecule has 2 aromatic carbocycles. The number of para-hydroxylation sites is 1. The van der Waals surface area contributed by atoms with Crippen LogP contribution in [-0.2, 0) is 6.61 Å². The molecule has 3 heteroatoms. The first-order chi connectivity index (χ1) is 9.34. The zero-order chi connectivity index (χ0) is 13.1. The van der Waals surface area contributed by atoms with Gasteiger partial charge < -0.3 is 10.5 Å². The Bertz CT molecular complexity index is 695. The van der Waals surface area contributed by atoms with Crippen molar-refractivity contribution in [3.05, 3.63) is 66.4 Å². The third kappa shape index (κ3) is 2.36. The number of nitrogen functional groups attached to an aromatic ring is 1. The van der Waals surface area contributed by atoms with Gasteiger partial charge in [0, 0.05) is 11.6 Å². The van der Waals surface area contributed by atoms with Crippen molar-refractivity contribution in [3.63, 3.8) is 0 Å². The zero-order valence-corrected chi connectivity index (χ0v) is 10.4. The largest absolute Gasteiger partial charge is 0.488 e. The number of fused-ring (bicyclic) bond motifs is 1. The number of anilines is 1. The Morgan fingerprint density at radius 2 is 1.79 bits per heavy atom. The maximum Gasteiger partial charge on any atom is 0.130 e. The number of hydrogen-bond donors (Lipinski definition) is 1. The number of rotatable bonds is 3. The molecule has 0 aliphatic rings. The molecule has 2 N–H and O–H groups in total. The van der Waals surface area contributed by atoms with Gasteiger partial charge in [0.15, 0.2) is 0 Å². The lowest BCUT2D eigenvalue weighted by Crippen LogP contribution is -1.97. The Kier molecular flexibility index (Phi) is 3.02. The number of benzene rings is 2. The van der Waals surface area contributed by atoms with Crippen LogP contribution < -0.4 is 10.5 Å². The molecule has 0 bridgehead atoms. The van der Waals surface area contributed by atoms with Crippen molar-refractivity contribution in [3.8, 4) is 5.75 Å². The predicted octanol–water partition coefficient (Wildman–Crippen LogP) is 3.40. The summed E-state index contributed by atoms with van der Waals surface area (Å²) in [6.45, 7) is 0.536. The summed E-state index contributed by atoms with van der Waals surface area (Å²) in [7, 11) is 0. The summed E-state index contributed by atoms with van der Waals surface area (Å²) in [6, 6.07) is 17.7. The molecule has 0 saturated carbocycles. The first kappa shape index (κ1) is 11.5. The van der Waals surface area contributed by atoms with Gasteiger partial charge in [-0.2, -0.15) is 0 Å². The monoisotopic (exact) mass is 250 g/mol. The Hall–Kier alpha value is -2.55. The van der Waals surface area contributed by atoms with Crippen molar-refractivity contribution in [1.29, 1.82) is 0 Å². The number of pyridine rings is 1. The van der Waals surface area contributed by atoms with Crippen LogP contribution in [0.3, 0.4) is 0 Å². The normalized spacial score (nSPS) is 10.5. The third-order valence-electron chi connectivity index (χ3n) is 3.00. The van der Waals surface area contributed by atoms with E-state index in [0.29, 0.717) is 12.3 Å². The van der Waals surface area contributed by atoms with Gasteiger partial charge in [0.2, 0.25) is 0 Å². The van der Waals surface area contributed by atoms with Gasteiger partial charge in [0.1, 0.15) is 12.4 Å². The lowest BCUT2D eigenvalue weighted by atomic mass is 10.2. The maximum atomic E-state index is 5.91. The van der Waals surface area contributed by atoms with Crippen molar-refractivity contribution < 1.29 is 4.74 Å². The van der Waals surface area contributed by atoms with E-state index in [9.17, 15) is 0 Å². The second-order valence-corrected chi connectivity index (χ2v) is 4.33. The van der Waals surface area contributed by atoms with Gasteiger partial charge in [-0.3, -0.25) is 4.98 Å². The highest BCUT2D eigenvalue weighted by Gasteiger charge is 2.05. The van der Waals surface area contributed by atoms with Crippen molar-refractivity contribution >= 4 is 16.6 Å². The zero-order valence-electron chi connectivity index (χ0n) is 10.4. The van der Waals surface area contributed by atoms with E-state index < -0.39 is 0 Å². The Labute approximate surface area is 111 Å². The van der Waals surface area contributed by atoms with Crippen molar-refractivity contribution in [2.24, 2.45) is 0 Å². The highest BCUT2D eigenvalue weighted by Crippen LogP contribution is 2.27. The second-order valence-electron chi connectivity index (χ2n) is 4.33. The number of hydrogen-bond acceptors (Lipinski definition) is 3. The number of nitrogens with zero attached hydrogens (tertiary/aromatic N) is 1. The van der Waals surface area contributed by atoms with Crippen LogP contribution in [-0.4, -0.2) is 4.98 Å². The summed E-state index contributed by atoms with van der Waals surface area (Å²) < 4.78 is 5.86. The van der Waals surface area contributed by atoms with Crippen LogP contribution in [0.25, 0.3) is 10.9 Å². The molecular weight excluding hydrogens is 236 g/mol. The third-order valence-corrected chi connectivity index (χ3v) is 3.00. The minimum absolute atomic E-state index is 0.536. The average Bonchev–Trinajstić information content (AvgIpc) is 2.47. The topological polar surface area (TPSA) is 48.1 Å². The lowest BCUT2D eigenvalue weighted by Gasteiger charge is -2.09. The molecule has 3 aromatic rings. The Morgan fingerprint density at radius 3 is 2.63 bits per heavy atom. The molecule has 0 spiro atoms. The second kappa shape index (κ2) is 4.98. The van der Waals surface area contributed by atoms with Gasteiger partial charge >= 0.3 is 0 Å². The molecule has 0 aliphatic heterocycles. The summed E-state index contributed by atoms with van der Waals surface area (Å²) in [4.78, 5) is 4.29. The summed E-state index contributed by atoms with van der Waals surface area (Å²) in [5, 5.41) is 0.943. The van der Waals surface area contributed by atoms with Gasteiger partial charge in [-0.15, -0.1) is 0 Å². The number of aromatic nitrogens is 1. The van der Waals surface area contributed by atoms with Crippen LogP contribution >= 0.6 is 0 Å². The molecule has 94 valence electrons. The Balaban J connectivity index is 1.91. The fourth-order valence-corrected chi connectivity index (χ4v) is 2.03. The summed E-state index contributed by atoms with van der Waals surface area (Å²) in [6.07, 6.45) is 1.72. The molecule has 0 atom stereocenters. The van der Waals surface area contributed by atoms with Crippen molar-refractivity contribution in [2.75, 3.05) is 5.73 Å². The van der Waals surface area contributed by atoms with Crippen molar-refractivity contribution in [1.82, 2.24) is 4.98 Å². The molecule has 0 unspecified atom stereocenters. The molecule has 1 aromatic heterocycles. The molecule has 0 saturated heterocycles. The van der Waals surface area contributed by atoms with E-state index in [1.807, 2.05) is 54.6 Å². The molecule has 0 aliphatic carbocycles. The number of nitrogens with two attached hydrogens (primary N) is 1. The van der Waals surface area contributed by atoms with Gasteiger partial charge in [-0.05, 0) is 23.8 Å². The fraction of sp³-hybridized carbons (Fsp3) is 0.0625. The lowest BCUT2D eigenvalue weighted by molar-refractivity contribution is 0.310. The quantitative estimate of drug-likeness (QED) is 0.725. The average molecular weight is 250 g/mol. The molecule has 19 heavy (non-hydrogen) atoms. The molecule has 1 heterocycles. The summed E-state index contributed by atoms with van der Waals surface area (Å²) >= 11 is 0. The molecule has 0 fully saturated rings. The fourth-order valence-electron chi connectivity index (χ4n) is 2.03. The van der Waals surface area contributed by atoms with Crippen LogP contribution in [0.4, 0.5) is 5.69 Å². The smallest absolute Gasteiger partial charge is 0.130 e. The molecule has 3 nitrogen and oxygen atoms in total. The van der Waals surface area contributed by atoms with E-state index in [0.717, 1.165) is 22.2 Å². The van der Waals surface area contributed by atoms with Gasteiger partial charge in [-0.1, -0.05) is 36.4 Å². The van der Waals surface area contributed by atoms with Crippen LogP contribution in [0, 0.1) is 0 Å². The first-order valence-corrected chi connectivity index (χ1v) is 6.14. The molecule has 0 amide bonds. The van der Waals surface area contributed by atoms with E-state index in [2.05, 4.69) is 4.98 Å². The minimum Gasteiger partial charge on any atom is -0.488 e. The summed E-state index contributed by atoms with van der Waals surface area (Å²) in [5.74, 6) is 0.807. The van der Waals surface area contributed by atoms with Crippen LogP contribution in [0.15, 0.2) is 60.8 Å². The first-order valence-electron chi connectivity index (χ1n) is 6.14.